The zero-order valence-electron chi connectivity index (χ0n) is 7.16. The molecule has 3 heteroatoms. The van der Waals surface area contributed by atoms with E-state index in [9.17, 15) is 4.79 Å². The van der Waals surface area contributed by atoms with Crippen molar-refractivity contribution < 1.29 is 9.90 Å². The fraction of sp³-hybridized carbons (Fsp3) is 0.100. The zero-order chi connectivity index (χ0) is 9.68. The minimum absolute atomic E-state index is 0.402. The van der Waals surface area contributed by atoms with E-state index >= 15 is 0 Å². The molecule has 0 aliphatic heterocycles. The van der Waals surface area contributed by atoms with Crippen LogP contribution in [-0.2, 0) is 11.3 Å². The Bertz CT molecular complexity index is 306. The largest absolute Gasteiger partial charge is 0.503 e. The highest BCUT2D eigenvalue weighted by Crippen LogP contribution is 1.97. The van der Waals surface area contributed by atoms with E-state index in [2.05, 4.69) is 11.9 Å². The predicted octanol–water partition coefficient (Wildman–Crippen LogP) is 1.37. The van der Waals surface area contributed by atoms with Gasteiger partial charge in [-0.3, -0.25) is 4.79 Å². The number of aliphatic hydroxyl groups is 1. The third-order valence-electron chi connectivity index (χ3n) is 1.56. The molecule has 13 heavy (non-hydrogen) atoms. The molecular formula is C10H11NO2. The van der Waals surface area contributed by atoms with Gasteiger partial charge in [-0.25, -0.2) is 0 Å². The lowest BCUT2D eigenvalue weighted by atomic mass is 10.2. The topological polar surface area (TPSA) is 49.3 Å². The van der Waals surface area contributed by atoms with Crippen LogP contribution in [0.2, 0.25) is 0 Å². The number of aliphatic hydroxyl groups excluding tert-OH is 1. The quantitative estimate of drug-likeness (QED) is 0.541. The Morgan fingerprint density at radius 1 is 1.38 bits per heavy atom. The van der Waals surface area contributed by atoms with Crippen molar-refractivity contribution in [2.75, 3.05) is 0 Å². The monoisotopic (exact) mass is 177 g/mol. The smallest absolute Gasteiger partial charge is 0.285 e. The molecule has 0 fully saturated rings. The van der Waals surface area contributed by atoms with E-state index < -0.39 is 11.7 Å². The fourth-order valence-electron chi connectivity index (χ4n) is 0.880. The Hall–Kier alpha value is -1.77. The van der Waals surface area contributed by atoms with Crippen LogP contribution in [0.3, 0.4) is 0 Å². The summed E-state index contributed by atoms with van der Waals surface area (Å²) >= 11 is 0. The van der Waals surface area contributed by atoms with Crippen molar-refractivity contribution in [3.63, 3.8) is 0 Å². The number of amides is 1. The third-order valence-corrected chi connectivity index (χ3v) is 1.56. The SMILES string of the molecule is C=C(O)C(=O)NCc1ccccc1. The lowest BCUT2D eigenvalue weighted by Gasteiger charge is -2.02. The average molecular weight is 177 g/mol. The highest BCUT2D eigenvalue weighted by Gasteiger charge is 2.02. The van der Waals surface area contributed by atoms with Crippen LogP contribution < -0.4 is 5.32 Å². The van der Waals surface area contributed by atoms with E-state index in [1.165, 1.54) is 0 Å². The highest BCUT2D eigenvalue weighted by atomic mass is 16.3. The minimum Gasteiger partial charge on any atom is -0.503 e. The maximum atomic E-state index is 10.9. The first kappa shape index (κ1) is 9.32. The van der Waals surface area contributed by atoms with Crippen molar-refractivity contribution in [3.8, 4) is 0 Å². The van der Waals surface area contributed by atoms with Gasteiger partial charge in [0.2, 0.25) is 0 Å². The number of rotatable bonds is 3. The van der Waals surface area contributed by atoms with Crippen LogP contribution in [0.1, 0.15) is 5.56 Å². The number of hydrogen-bond donors (Lipinski definition) is 2. The molecule has 0 aromatic heterocycles. The first-order valence-corrected chi connectivity index (χ1v) is 3.90. The van der Waals surface area contributed by atoms with Gasteiger partial charge in [0.15, 0.2) is 5.76 Å². The van der Waals surface area contributed by atoms with Crippen molar-refractivity contribution in [2.45, 2.75) is 6.54 Å². The van der Waals surface area contributed by atoms with Crippen LogP contribution in [0.25, 0.3) is 0 Å². The molecule has 0 saturated carbocycles. The molecule has 0 aliphatic rings. The van der Waals surface area contributed by atoms with Crippen molar-refractivity contribution in [1.29, 1.82) is 0 Å². The molecule has 0 spiro atoms. The number of carbonyl (C=O) groups is 1. The number of carbonyl (C=O) groups excluding carboxylic acids is 1. The van der Waals surface area contributed by atoms with Crippen molar-refractivity contribution in [3.05, 3.63) is 48.2 Å². The molecule has 0 atom stereocenters. The molecule has 1 aromatic carbocycles. The molecule has 1 aromatic rings. The Kier molecular flexibility index (Phi) is 3.09. The summed E-state index contributed by atoms with van der Waals surface area (Å²) in [5.41, 5.74) is 0.983. The second-order valence-corrected chi connectivity index (χ2v) is 2.61. The lowest BCUT2D eigenvalue weighted by Crippen LogP contribution is -2.23. The zero-order valence-corrected chi connectivity index (χ0v) is 7.16. The van der Waals surface area contributed by atoms with Gasteiger partial charge in [-0.2, -0.15) is 0 Å². The fourth-order valence-corrected chi connectivity index (χ4v) is 0.880. The summed E-state index contributed by atoms with van der Waals surface area (Å²) in [5, 5.41) is 11.2. The van der Waals surface area contributed by atoms with Crippen LogP contribution in [-0.4, -0.2) is 11.0 Å². The first-order chi connectivity index (χ1) is 6.20. The van der Waals surface area contributed by atoms with E-state index in [1.807, 2.05) is 30.3 Å². The molecule has 2 N–H and O–H groups in total. The van der Waals surface area contributed by atoms with Gasteiger partial charge in [0.25, 0.3) is 5.91 Å². The second kappa shape index (κ2) is 4.30. The van der Waals surface area contributed by atoms with E-state index in [4.69, 9.17) is 5.11 Å². The molecule has 0 saturated heterocycles. The maximum Gasteiger partial charge on any atom is 0.285 e. The van der Waals surface area contributed by atoms with Gasteiger partial charge in [0.05, 0.1) is 0 Å². The van der Waals surface area contributed by atoms with E-state index in [0.717, 1.165) is 5.56 Å². The van der Waals surface area contributed by atoms with Crippen LogP contribution in [0.4, 0.5) is 0 Å². The molecule has 1 rings (SSSR count). The number of nitrogens with one attached hydrogen (secondary N) is 1. The third kappa shape index (κ3) is 2.99. The van der Waals surface area contributed by atoms with Crippen molar-refractivity contribution >= 4 is 5.91 Å². The standard InChI is InChI=1S/C10H11NO2/c1-8(12)10(13)11-7-9-5-3-2-4-6-9/h2-6,12H,1,7H2,(H,11,13). The van der Waals surface area contributed by atoms with Crippen molar-refractivity contribution in [2.24, 2.45) is 0 Å². The van der Waals surface area contributed by atoms with Crippen LogP contribution in [0.5, 0.6) is 0 Å². The second-order valence-electron chi connectivity index (χ2n) is 2.61. The van der Waals surface area contributed by atoms with Crippen molar-refractivity contribution in [1.82, 2.24) is 5.32 Å². The summed E-state index contributed by atoms with van der Waals surface area (Å²) < 4.78 is 0. The molecule has 0 radical (unpaired) electrons. The molecule has 0 aliphatic carbocycles. The van der Waals surface area contributed by atoms with Gasteiger partial charge in [0.1, 0.15) is 0 Å². The van der Waals surface area contributed by atoms with Gasteiger partial charge < -0.3 is 10.4 Å². The molecule has 0 bridgehead atoms. The summed E-state index contributed by atoms with van der Waals surface area (Å²) in [5.74, 6) is -1.00. The maximum absolute atomic E-state index is 10.9. The Balaban J connectivity index is 2.44. The summed E-state index contributed by atoms with van der Waals surface area (Å²) in [7, 11) is 0. The summed E-state index contributed by atoms with van der Waals surface area (Å²) in [4.78, 5) is 10.9. The Morgan fingerprint density at radius 2 is 2.00 bits per heavy atom. The van der Waals surface area contributed by atoms with Gasteiger partial charge in [-0.05, 0) is 5.56 Å². The van der Waals surface area contributed by atoms with Gasteiger partial charge in [-0.1, -0.05) is 36.9 Å². The molecular weight excluding hydrogens is 166 g/mol. The highest BCUT2D eigenvalue weighted by molar-refractivity contribution is 5.90. The number of benzene rings is 1. The molecule has 0 unspecified atom stereocenters. The van der Waals surface area contributed by atoms with Gasteiger partial charge in [-0.15, -0.1) is 0 Å². The Labute approximate surface area is 76.7 Å². The molecule has 3 nitrogen and oxygen atoms in total. The lowest BCUT2D eigenvalue weighted by molar-refractivity contribution is -0.120. The van der Waals surface area contributed by atoms with Gasteiger partial charge in [0, 0.05) is 6.54 Å². The van der Waals surface area contributed by atoms with E-state index in [-0.39, 0.29) is 0 Å². The summed E-state index contributed by atoms with van der Waals surface area (Å²) in [6.07, 6.45) is 0. The van der Waals surface area contributed by atoms with Crippen LogP contribution in [0.15, 0.2) is 42.7 Å². The molecule has 1 amide bonds. The average Bonchev–Trinajstić information content (AvgIpc) is 2.15. The first-order valence-electron chi connectivity index (χ1n) is 3.90. The minimum atomic E-state index is -0.538. The summed E-state index contributed by atoms with van der Waals surface area (Å²) in [6, 6.07) is 9.45. The normalized spacial score (nSPS) is 9.23. The summed E-state index contributed by atoms with van der Waals surface area (Å²) in [6.45, 7) is 3.51. The van der Waals surface area contributed by atoms with Crippen LogP contribution >= 0.6 is 0 Å². The Morgan fingerprint density at radius 3 is 2.54 bits per heavy atom. The van der Waals surface area contributed by atoms with E-state index in [0.29, 0.717) is 6.54 Å². The number of hydrogen-bond acceptors (Lipinski definition) is 2. The predicted molar refractivity (Wildman–Crippen MR) is 50.1 cm³/mol. The van der Waals surface area contributed by atoms with E-state index in [1.54, 1.807) is 0 Å². The molecule has 0 heterocycles. The van der Waals surface area contributed by atoms with Crippen LogP contribution in [0, 0.1) is 0 Å². The molecule has 68 valence electrons. The van der Waals surface area contributed by atoms with Gasteiger partial charge >= 0.3 is 0 Å².